The van der Waals surface area contributed by atoms with Gasteiger partial charge in [0, 0.05) is 23.7 Å². The fraction of sp³-hybridized carbons (Fsp3) is 0.238. The molecule has 26 heavy (non-hydrogen) atoms. The van der Waals surface area contributed by atoms with E-state index in [0.29, 0.717) is 18.5 Å². The van der Waals surface area contributed by atoms with Crippen LogP contribution in [0.15, 0.2) is 42.5 Å². The minimum absolute atomic E-state index is 0.294. The van der Waals surface area contributed by atoms with Gasteiger partial charge in [-0.2, -0.15) is 0 Å². The van der Waals surface area contributed by atoms with Crippen molar-refractivity contribution in [3.8, 4) is 0 Å². The molecule has 5 nitrogen and oxygen atoms in total. The molecule has 0 spiro atoms. The number of benzene rings is 2. The standard InChI is InChI=1S/C21H20N2O3/c1-12-7-13(2)16-9-18(22-17(16)8-12)19(24)23-21(20(25)26)10-14-5-3-4-6-15(14)11-21/h3-9,22H,10-11H2,1-2H3,(H,23,24)(H,25,26). The Morgan fingerprint density at radius 3 is 2.35 bits per heavy atom. The number of hydrogen-bond acceptors (Lipinski definition) is 2. The van der Waals surface area contributed by atoms with E-state index in [2.05, 4.69) is 16.4 Å². The van der Waals surface area contributed by atoms with Crippen LogP contribution in [0.5, 0.6) is 0 Å². The number of H-pyrrole nitrogens is 1. The molecule has 3 aromatic rings. The molecule has 132 valence electrons. The number of carboxylic acid groups (broad SMARTS) is 1. The van der Waals surface area contributed by atoms with E-state index in [1.807, 2.05) is 44.2 Å². The Kier molecular flexibility index (Phi) is 3.61. The Morgan fingerprint density at radius 2 is 1.73 bits per heavy atom. The number of aromatic amines is 1. The van der Waals surface area contributed by atoms with Crippen molar-refractivity contribution in [1.82, 2.24) is 10.3 Å². The second kappa shape index (κ2) is 5.73. The van der Waals surface area contributed by atoms with Gasteiger partial charge < -0.3 is 15.4 Å². The molecule has 1 aromatic heterocycles. The maximum atomic E-state index is 12.8. The molecule has 0 fully saturated rings. The normalized spacial score (nSPS) is 15.0. The Morgan fingerprint density at radius 1 is 1.08 bits per heavy atom. The van der Waals surface area contributed by atoms with Crippen LogP contribution in [0.25, 0.3) is 10.9 Å². The highest BCUT2D eigenvalue weighted by atomic mass is 16.4. The highest BCUT2D eigenvalue weighted by Gasteiger charge is 2.45. The minimum atomic E-state index is -1.30. The zero-order valence-electron chi connectivity index (χ0n) is 14.7. The lowest BCUT2D eigenvalue weighted by Crippen LogP contribution is -2.55. The van der Waals surface area contributed by atoms with Crippen molar-refractivity contribution < 1.29 is 14.7 Å². The smallest absolute Gasteiger partial charge is 0.330 e. The summed E-state index contributed by atoms with van der Waals surface area (Å²) in [5.74, 6) is -1.40. The fourth-order valence-corrected chi connectivity index (χ4v) is 3.91. The van der Waals surface area contributed by atoms with Gasteiger partial charge in [-0.25, -0.2) is 4.79 Å². The summed E-state index contributed by atoms with van der Waals surface area (Å²) in [7, 11) is 0. The Labute approximate surface area is 151 Å². The van der Waals surface area contributed by atoms with Gasteiger partial charge in [0.2, 0.25) is 0 Å². The van der Waals surface area contributed by atoms with E-state index in [9.17, 15) is 14.7 Å². The topological polar surface area (TPSA) is 82.2 Å². The van der Waals surface area contributed by atoms with Gasteiger partial charge in [0.1, 0.15) is 11.2 Å². The van der Waals surface area contributed by atoms with Crippen LogP contribution in [0.1, 0.15) is 32.7 Å². The third-order valence-electron chi connectivity index (χ3n) is 5.20. The fourth-order valence-electron chi connectivity index (χ4n) is 3.91. The number of amides is 1. The maximum absolute atomic E-state index is 12.8. The number of fused-ring (bicyclic) bond motifs is 2. The van der Waals surface area contributed by atoms with E-state index in [-0.39, 0.29) is 0 Å². The second-order valence-electron chi connectivity index (χ2n) is 7.19. The van der Waals surface area contributed by atoms with Gasteiger partial charge in [-0.05, 0) is 48.2 Å². The number of rotatable bonds is 3. The molecule has 0 radical (unpaired) electrons. The van der Waals surface area contributed by atoms with Crippen molar-refractivity contribution in [2.24, 2.45) is 0 Å². The summed E-state index contributed by atoms with van der Waals surface area (Å²) >= 11 is 0. The van der Waals surface area contributed by atoms with Gasteiger partial charge in [0.05, 0.1) is 0 Å². The van der Waals surface area contributed by atoms with Crippen LogP contribution in [0.2, 0.25) is 0 Å². The lowest BCUT2D eigenvalue weighted by atomic mass is 9.95. The Bertz CT molecular complexity index is 1020. The lowest BCUT2D eigenvalue weighted by Gasteiger charge is -2.25. The third-order valence-corrected chi connectivity index (χ3v) is 5.20. The molecule has 1 aliphatic carbocycles. The monoisotopic (exact) mass is 348 g/mol. The number of carboxylic acids is 1. The third kappa shape index (κ3) is 2.56. The molecule has 0 aliphatic heterocycles. The quantitative estimate of drug-likeness (QED) is 0.680. The number of carbonyl (C=O) groups excluding carboxylic acids is 1. The molecule has 3 N–H and O–H groups in total. The van der Waals surface area contributed by atoms with Gasteiger partial charge >= 0.3 is 5.97 Å². The molecule has 0 saturated carbocycles. The number of aliphatic carboxylic acids is 1. The highest BCUT2D eigenvalue weighted by Crippen LogP contribution is 2.31. The average Bonchev–Trinajstić information content (AvgIpc) is 3.16. The summed E-state index contributed by atoms with van der Waals surface area (Å²) in [5.41, 5.74) is 4.09. The van der Waals surface area contributed by atoms with Crippen LogP contribution in [0.4, 0.5) is 0 Å². The molecule has 2 aromatic carbocycles. The zero-order chi connectivity index (χ0) is 18.5. The van der Waals surface area contributed by atoms with E-state index in [1.165, 1.54) is 0 Å². The molecule has 4 rings (SSSR count). The maximum Gasteiger partial charge on any atom is 0.330 e. The first-order valence-corrected chi connectivity index (χ1v) is 8.61. The number of aryl methyl sites for hydroxylation is 2. The van der Waals surface area contributed by atoms with E-state index >= 15 is 0 Å². The average molecular weight is 348 g/mol. The summed E-state index contributed by atoms with van der Waals surface area (Å²) in [5, 5.41) is 13.6. The highest BCUT2D eigenvalue weighted by molar-refractivity contribution is 6.01. The van der Waals surface area contributed by atoms with Crippen LogP contribution in [0.3, 0.4) is 0 Å². The number of hydrogen-bond donors (Lipinski definition) is 3. The molecule has 1 amide bonds. The number of carbonyl (C=O) groups is 2. The molecule has 0 atom stereocenters. The van der Waals surface area contributed by atoms with Gasteiger partial charge in [0.15, 0.2) is 0 Å². The second-order valence-corrected chi connectivity index (χ2v) is 7.19. The molecule has 0 saturated heterocycles. The number of aromatic nitrogens is 1. The molecule has 5 heteroatoms. The summed E-state index contributed by atoms with van der Waals surface area (Å²) in [4.78, 5) is 27.9. The van der Waals surface area contributed by atoms with Crippen LogP contribution >= 0.6 is 0 Å². The predicted molar refractivity (Wildman–Crippen MR) is 99.5 cm³/mol. The summed E-state index contributed by atoms with van der Waals surface area (Å²) < 4.78 is 0. The van der Waals surface area contributed by atoms with E-state index in [0.717, 1.165) is 33.2 Å². The molecular formula is C21H20N2O3. The summed E-state index contributed by atoms with van der Waals surface area (Å²) in [6.07, 6.45) is 0.589. The lowest BCUT2D eigenvalue weighted by molar-refractivity contribution is -0.144. The van der Waals surface area contributed by atoms with E-state index in [1.54, 1.807) is 6.07 Å². The van der Waals surface area contributed by atoms with Crippen LogP contribution in [0, 0.1) is 13.8 Å². The van der Waals surface area contributed by atoms with Crippen molar-refractivity contribution in [1.29, 1.82) is 0 Å². The van der Waals surface area contributed by atoms with Gasteiger partial charge in [0.25, 0.3) is 5.91 Å². The van der Waals surface area contributed by atoms with Crippen molar-refractivity contribution >= 4 is 22.8 Å². The molecule has 0 bridgehead atoms. The molecular weight excluding hydrogens is 328 g/mol. The Balaban J connectivity index is 1.67. The van der Waals surface area contributed by atoms with Gasteiger partial charge in [-0.3, -0.25) is 4.79 Å². The van der Waals surface area contributed by atoms with Crippen LogP contribution in [-0.4, -0.2) is 27.5 Å². The van der Waals surface area contributed by atoms with Crippen molar-refractivity contribution in [3.05, 3.63) is 70.4 Å². The van der Waals surface area contributed by atoms with Crippen molar-refractivity contribution in [2.45, 2.75) is 32.2 Å². The van der Waals surface area contributed by atoms with Gasteiger partial charge in [-0.15, -0.1) is 0 Å². The van der Waals surface area contributed by atoms with Crippen molar-refractivity contribution in [3.63, 3.8) is 0 Å². The number of nitrogens with one attached hydrogen (secondary N) is 2. The van der Waals surface area contributed by atoms with Crippen LogP contribution < -0.4 is 5.32 Å². The SMILES string of the molecule is Cc1cc(C)c2cc(C(=O)NC3(C(=O)O)Cc4ccccc4C3)[nH]c2c1. The first-order chi connectivity index (χ1) is 12.4. The van der Waals surface area contributed by atoms with Crippen LogP contribution in [-0.2, 0) is 17.6 Å². The molecule has 0 unspecified atom stereocenters. The van der Waals surface area contributed by atoms with E-state index in [4.69, 9.17) is 0 Å². The van der Waals surface area contributed by atoms with Gasteiger partial charge in [-0.1, -0.05) is 30.3 Å². The predicted octanol–water partition coefficient (Wildman–Crippen LogP) is 3.14. The molecule has 1 aliphatic rings. The minimum Gasteiger partial charge on any atom is -0.479 e. The molecule has 1 heterocycles. The van der Waals surface area contributed by atoms with Crippen molar-refractivity contribution in [2.75, 3.05) is 0 Å². The Hall–Kier alpha value is -3.08. The van der Waals surface area contributed by atoms with E-state index < -0.39 is 17.4 Å². The first kappa shape index (κ1) is 16.4. The first-order valence-electron chi connectivity index (χ1n) is 8.61. The summed E-state index contributed by atoms with van der Waals surface area (Å²) in [6.45, 7) is 4.00. The summed E-state index contributed by atoms with van der Waals surface area (Å²) in [6, 6.07) is 13.4. The zero-order valence-corrected chi connectivity index (χ0v) is 14.7. The largest absolute Gasteiger partial charge is 0.479 e.